The van der Waals surface area contributed by atoms with Gasteiger partial charge in [0.1, 0.15) is 6.10 Å². The molecular formula is C37H65NO3S. The minimum atomic E-state index is 0.0243. The maximum atomic E-state index is 12.8. The van der Waals surface area contributed by atoms with E-state index in [1.165, 1.54) is 89.2 Å². The molecule has 1 heterocycles. The van der Waals surface area contributed by atoms with Crippen LogP contribution in [0.4, 0.5) is 0 Å². The second kappa shape index (κ2) is 14.6. The summed E-state index contributed by atoms with van der Waals surface area (Å²) in [5, 5.41) is 0. The first-order valence-electron chi connectivity index (χ1n) is 18.0. The first kappa shape index (κ1) is 34.2. The van der Waals surface area contributed by atoms with E-state index in [9.17, 15) is 9.59 Å². The van der Waals surface area contributed by atoms with Crippen LogP contribution in [0.1, 0.15) is 157 Å². The molecule has 3 aliphatic carbocycles. The van der Waals surface area contributed by atoms with Crippen molar-refractivity contribution in [3.63, 3.8) is 0 Å². The van der Waals surface area contributed by atoms with Gasteiger partial charge in [0.2, 0.25) is 5.91 Å². The molecule has 0 spiro atoms. The van der Waals surface area contributed by atoms with Gasteiger partial charge in [-0.25, -0.2) is 0 Å². The van der Waals surface area contributed by atoms with Crippen molar-refractivity contribution in [3.8, 4) is 0 Å². The molecule has 242 valence electrons. The maximum Gasteiger partial charge on any atom is 0.306 e. The van der Waals surface area contributed by atoms with Gasteiger partial charge in [-0.2, -0.15) is 11.8 Å². The van der Waals surface area contributed by atoms with Crippen molar-refractivity contribution in [2.45, 2.75) is 174 Å². The zero-order chi connectivity index (χ0) is 30.5. The molecule has 1 saturated heterocycles. The fourth-order valence-electron chi connectivity index (χ4n) is 10.3. The Labute approximate surface area is 263 Å². The van der Waals surface area contributed by atoms with Crippen LogP contribution in [0.5, 0.6) is 0 Å². The quantitative estimate of drug-likeness (QED) is 0.146. The summed E-state index contributed by atoms with van der Waals surface area (Å²) in [6.45, 7) is 14.1. The van der Waals surface area contributed by atoms with E-state index in [0.29, 0.717) is 29.0 Å². The van der Waals surface area contributed by atoms with Crippen LogP contribution in [0.25, 0.3) is 0 Å². The Morgan fingerprint density at radius 1 is 0.881 bits per heavy atom. The number of likely N-dealkylation sites (tertiary alicyclic amines) is 1. The number of unbranched alkanes of at least 4 members (excludes halogenated alkanes) is 8. The van der Waals surface area contributed by atoms with E-state index in [1.807, 2.05) is 0 Å². The van der Waals surface area contributed by atoms with Gasteiger partial charge < -0.3 is 9.64 Å². The zero-order valence-corrected chi connectivity index (χ0v) is 29.3. The third kappa shape index (κ3) is 7.92. The highest BCUT2D eigenvalue weighted by atomic mass is 32.2. The first-order valence-corrected chi connectivity index (χ1v) is 18.9. The second-order valence-corrected chi connectivity index (χ2v) is 18.2. The third-order valence-corrected chi connectivity index (χ3v) is 13.9. The Bertz CT molecular complexity index is 900. The molecule has 4 nitrogen and oxygen atoms in total. The number of nitrogens with zero attached hydrogens (tertiary/aromatic N) is 1. The molecule has 4 fully saturated rings. The molecule has 42 heavy (non-hydrogen) atoms. The van der Waals surface area contributed by atoms with Gasteiger partial charge in [-0.1, -0.05) is 79.6 Å². The molecule has 1 aliphatic heterocycles. The number of hydrogen-bond acceptors (Lipinski definition) is 4. The number of fused-ring (bicyclic) bond motifs is 5. The van der Waals surface area contributed by atoms with Crippen LogP contribution in [0.2, 0.25) is 0 Å². The summed E-state index contributed by atoms with van der Waals surface area (Å²) in [6, 6.07) is 0.425. The molecule has 8 atom stereocenters. The third-order valence-electron chi connectivity index (χ3n) is 12.6. The summed E-state index contributed by atoms with van der Waals surface area (Å²) < 4.78 is 6.54. The van der Waals surface area contributed by atoms with E-state index in [2.05, 4.69) is 65.3 Å². The van der Waals surface area contributed by atoms with E-state index in [0.717, 1.165) is 43.4 Å². The molecule has 0 bridgehead atoms. The molecule has 0 aromatic carbocycles. The minimum Gasteiger partial charge on any atom is -0.462 e. The van der Waals surface area contributed by atoms with Gasteiger partial charge in [-0.3, -0.25) is 9.59 Å². The van der Waals surface area contributed by atoms with Crippen molar-refractivity contribution in [3.05, 3.63) is 0 Å². The lowest BCUT2D eigenvalue weighted by atomic mass is 9.46. The monoisotopic (exact) mass is 603 g/mol. The van der Waals surface area contributed by atoms with Gasteiger partial charge in [0.05, 0.1) is 0 Å². The zero-order valence-electron chi connectivity index (χ0n) is 28.5. The molecule has 0 aromatic heterocycles. The fraction of sp³-hybridized carbons (Fsp3) is 0.946. The van der Waals surface area contributed by atoms with Crippen LogP contribution in [0.3, 0.4) is 0 Å². The average Bonchev–Trinajstić information content (AvgIpc) is 3.28. The normalized spacial score (nSPS) is 35.4. The number of amides is 1. The Hall–Kier alpha value is -0.710. The molecular weight excluding hydrogens is 538 g/mol. The molecule has 1 amide bonds. The standard InChI is InChI=1S/C37H65NO3S/c1-27(41-34(40)17-15-13-11-9-8-10-12-14-16-26-42-35(2,3)4)29-19-20-30-28-18-21-32-37(6,25-23-33(39)38(32)7)31(28)22-24-36(29,30)5/h27-32H,8-26H2,1-7H3/t27?,28-,29+,30-,31-,32?,36+,37+/m0/s1. The highest BCUT2D eigenvalue weighted by Gasteiger charge is 2.61. The topological polar surface area (TPSA) is 46.6 Å². The Morgan fingerprint density at radius 3 is 2.17 bits per heavy atom. The van der Waals surface area contributed by atoms with Gasteiger partial charge in [0.25, 0.3) is 0 Å². The Kier molecular flexibility index (Phi) is 11.9. The molecule has 0 radical (unpaired) electrons. The van der Waals surface area contributed by atoms with E-state index in [4.69, 9.17) is 4.74 Å². The minimum absolute atomic E-state index is 0.0243. The van der Waals surface area contributed by atoms with E-state index in [-0.39, 0.29) is 22.9 Å². The van der Waals surface area contributed by atoms with Crippen LogP contribution in [-0.4, -0.2) is 46.5 Å². The second-order valence-electron chi connectivity index (χ2n) is 16.3. The molecule has 4 rings (SSSR count). The van der Waals surface area contributed by atoms with E-state index in [1.54, 1.807) is 0 Å². The van der Waals surface area contributed by atoms with E-state index >= 15 is 0 Å². The number of thioether (sulfide) groups is 1. The SMILES string of the molecule is CC(OC(=O)CCCCCCCCCCCSC(C)(C)C)[C@H]1CC[C@H]2[C@@H]3CCC4N(C)C(=O)CC[C@]4(C)[C@H]3CC[C@]12C. The summed E-state index contributed by atoms with van der Waals surface area (Å²) in [4.78, 5) is 27.4. The molecule has 4 aliphatic rings. The van der Waals surface area contributed by atoms with Gasteiger partial charge in [-0.05, 0) is 99.0 Å². The molecule has 0 aromatic rings. The molecule has 0 N–H and O–H groups in total. The van der Waals surface area contributed by atoms with Gasteiger partial charge >= 0.3 is 5.97 Å². The summed E-state index contributed by atoms with van der Waals surface area (Å²) in [5.74, 6) is 4.40. The number of esters is 1. The number of ether oxygens (including phenoxy) is 1. The number of carbonyl (C=O) groups is 2. The number of carbonyl (C=O) groups excluding carboxylic acids is 2. The highest BCUT2D eigenvalue weighted by molar-refractivity contribution is 8.00. The van der Waals surface area contributed by atoms with Crippen molar-refractivity contribution >= 4 is 23.6 Å². The highest BCUT2D eigenvalue weighted by Crippen LogP contribution is 2.66. The molecule has 3 saturated carbocycles. The van der Waals surface area contributed by atoms with Crippen LogP contribution >= 0.6 is 11.8 Å². The molecule has 5 heteroatoms. The van der Waals surface area contributed by atoms with Crippen LogP contribution < -0.4 is 0 Å². The van der Waals surface area contributed by atoms with E-state index < -0.39 is 0 Å². The van der Waals surface area contributed by atoms with Gasteiger partial charge in [-0.15, -0.1) is 0 Å². The lowest BCUT2D eigenvalue weighted by Gasteiger charge is -2.62. The fourth-order valence-corrected chi connectivity index (χ4v) is 11.3. The average molecular weight is 604 g/mol. The van der Waals surface area contributed by atoms with Crippen LogP contribution in [0, 0.1) is 34.5 Å². The van der Waals surface area contributed by atoms with Crippen LogP contribution in [0.15, 0.2) is 0 Å². The maximum absolute atomic E-state index is 12.8. The number of rotatable bonds is 14. The predicted molar refractivity (Wildman–Crippen MR) is 178 cm³/mol. The summed E-state index contributed by atoms with van der Waals surface area (Å²) >= 11 is 2.09. The van der Waals surface area contributed by atoms with Crippen LogP contribution in [-0.2, 0) is 14.3 Å². The molecule has 2 unspecified atom stereocenters. The predicted octanol–water partition coefficient (Wildman–Crippen LogP) is 9.83. The van der Waals surface area contributed by atoms with Crippen molar-refractivity contribution in [2.75, 3.05) is 12.8 Å². The summed E-state index contributed by atoms with van der Waals surface area (Å²) in [5.41, 5.74) is 0.556. The van der Waals surface area contributed by atoms with Crippen molar-refractivity contribution in [1.29, 1.82) is 0 Å². The Morgan fingerprint density at radius 2 is 1.50 bits per heavy atom. The largest absolute Gasteiger partial charge is 0.462 e. The van der Waals surface area contributed by atoms with Crippen molar-refractivity contribution in [2.24, 2.45) is 34.5 Å². The first-order chi connectivity index (χ1) is 19.9. The smallest absolute Gasteiger partial charge is 0.306 e. The van der Waals surface area contributed by atoms with Crippen molar-refractivity contribution < 1.29 is 14.3 Å². The van der Waals surface area contributed by atoms with Crippen molar-refractivity contribution in [1.82, 2.24) is 4.90 Å². The Balaban J connectivity index is 1.13. The summed E-state index contributed by atoms with van der Waals surface area (Å²) in [7, 11) is 2.05. The number of piperidine rings is 1. The summed E-state index contributed by atoms with van der Waals surface area (Å²) in [6.07, 6.45) is 21.3. The lowest BCUT2D eigenvalue weighted by Crippen LogP contribution is -2.61. The van der Waals surface area contributed by atoms with Gasteiger partial charge in [0, 0.05) is 36.6 Å². The lowest BCUT2D eigenvalue weighted by molar-refractivity contribution is -0.164. The van der Waals surface area contributed by atoms with Gasteiger partial charge in [0.15, 0.2) is 0 Å². The number of hydrogen-bond donors (Lipinski definition) is 0.